The molecule has 0 aromatic heterocycles. The smallest absolute Gasteiger partial charge is 0.311 e. The highest BCUT2D eigenvalue weighted by Gasteiger charge is 2.75. The highest BCUT2D eigenvalue weighted by atomic mass is 16.5. The molecule has 40 heavy (non-hydrogen) atoms. The average molecular weight is 548 g/mol. The van der Waals surface area contributed by atoms with Crippen molar-refractivity contribution in [1.82, 2.24) is 5.32 Å². The number of unbranched alkanes of at least 4 members (excludes halogenated alkanes) is 7. The SMILES string of the molecule is CCCCCCCC(=O)NC12C(=O)c3ccccc3C1(C(CCCCCC)C(=O)O)Oc1cc(C(C)C)ccc12. The van der Waals surface area contributed by atoms with Crippen molar-refractivity contribution in [3.05, 3.63) is 64.7 Å². The molecule has 0 spiro atoms. The monoisotopic (exact) mass is 547 g/mol. The summed E-state index contributed by atoms with van der Waals surface area (Å²) in [6, 6.07) is 12.9. The number of ether oxygens (including phenoxy) is 1. The Balaban J connectivity index is 1.86. The molecule has 6 nitrogen and oxygen atoms in total. The van der Waals surface area contributed by atoms with Gasteiger partial charge in [0.2, 0.25) is 5.91 Å². The fourth-order valence-corrected chi connectivity index (χ4v) is 6.67. The quantitative estimate of drug-likeness (QED) is 0.224. The third-order valence-corrected chi connectivity index (χ3v) is 8.79. The molecule has 1 aliphatic carbocycles. The second-order valence-corrected chi connectivity index (χ2v) is 11.8. The van der Waals surface area contributed by atoms with Crippen molar-refractivity contribution in [2.75, 3.05) is 0 Å². The van der Waals surface area contributed by atoms with Crippen LogP contribution in [0.1, 0.15) is 131 Å². The molecule has 6 heteroatoms. The van der Waals surface area contributed by atoms with Gasteiger partial charge in [-0.2, -0.15) is 0 Å². The number of benzene rings is 2. The molecule has 0 fully saturated rings. The van der Waals surface area contributed by atoms with Gasteiger partial charge in [-0.05, 0) is 30.4 Å². The van der Waals surface area contributed by atoms with E-state index in [9.17, 15) is 19.5 Å². The molecular weight excluding hydrogens is 502 g/mol. The summed E-state index contributed by atoms with van der Waals surface area (Å²) < 4.78 is 6.83. The number of hydrogen-bond donors (Lipinski definition) is 2. The lowest BCUT2D eigenvalue weighted by molar-refractivity contribution is -0.156. The van der Waals surface area contributed by atoms with Crippen LogP contribution in [0.3, 0.4) is 0 Å². The highest BCUT2D eigenvalue weighted by molar-refractivity contribution is 6.13. The van der Waals surface area contributed by atoms with Crippen molar-refractivity contribution < 1.29 is 24.2 Å². The van der Waals surface area contributed by atoms with E-state index in [4.69, 9.17) is 4.74 Å². The maximum Gasteiger partial charge on any atom is 0.311 e. The molecule has 0 saturated heterocycles. The minimum absolute atomic E-state index is 0.214. The Labute approximate surface area is 238 Å². The van der Waals surface area contributed by atoms with E-state index in [0.717, 1.165) is 56.9 Å². The van der Waals surface area contributed by atoms with E-state index in [1.54, 1.807) is 12.1 Å². The van der Waals surface area contributed by atoms with Crippen LogP contribution in [0.2, 0.25) is 0 Å². The van der Waals surface area contributed by atoms with Crippen molar-refractivity contribution in [3.63, 3.8) is 0 Å². The minimum atomic E-state index is -1.64. The number of carboxylic acid groups (broad SMARTS) is 1. The van der Waals surface area contributed by atoms with Gasteiger partial charge < -0.3 is 15.2 Å². The van der Waals surface area contributed by atoms with Crippen LogP contribution in [-0.4, -0.2) is 22.8 Å². The summed E-state index contributed by atoms with van der Waals surface area (Å²) in [5.74, 6) is -1.89. The Hall–Kier alpha value is -3.15. The summed E-state index contributed by atoms with van der Waals surface area (Å²) in [7, 11) is 0. The van der Waals surface area contributed by atoms with Crippen molar-refractivity contribution in [1.29, 1.82) is 0 Å². The number of carbonyl (C=O) groups is 3. The molecule has 3 atom stereocenters. The fraction of sp³-hybridized carbons (Fsp3) is 0.559. The van der Waals surface area contributed by atoms with Gasteiger partial charge in [-0.3, -0.25) is 14.4 Å². The van der Waals surface area contributed by atoms with Gasteiger partial charge in [0, 0.05) is 23.1 Å². The van der Waals surface area contributed by atoms with Crippen molar-refractivity contribution >= 4 is 17.7 Å². The van der Waals surface area contributed by atoms with E-state index < -0.39 is 23.0 Å². The maximum absolute atomic E-state index is 14.6. The zero-order chi connectivity index (χ0) is 28.9. The standard InChI is InChI=1S/C34H45NO5/c1-5-7-9-11-13-19-30(36)35-33-27-21-20-24(23(3)4)22-29(27)40-34(33,26-17-15-14-16-25(26)31(33)37)28(32(38)39)18-12-10-8-6-2/h14-17,20-23,28H,5-13,18-19H2,1-4H3,(H,35,36)(H,38,39). The normalized spacial score (nSPS) is 21.5. The molecule has 2 N–H and O–H groups in total. The summed E-state index contributed by atoms with van der Waals surface area (Å²) in [5.41, 5.74) is -0.665. The fourth-order valence-electron chi connectivity index (χ4n) is 6.67. The number of hydrogen-bond acceptors (Lipinski definition) is 4. The van der Waals surface area contributed by atoms with Crippen LogP contribution < -0.4 is 10.1 Å². The molecule has 3 unspecified atom stereocenters. The van der Waals surface area contributed by atoms with Gasteiger partial charge in [0.15, 0.2) is 16.9 Å². The summed E-state index contributed by atoms with van der Waals surface area (Å²) in [6.45, 7) is 8.43. The molecule has 1 heterocycles. The number of rotatable bonds is 15. The van der Waals surface area contributed by atoms with E-state index in [1.165, 1.54) is 0 Å². The van der Waals surface area contributed by atoms with E-state index in [1.807, 2.05) is 30.3 Å². The predicted octanol–water partition coefficient (Wildman–Crippen LogP) is 7.64. The van der Waals surface area contributed by atoms with E-state index >= 15 is 0 Å². The van der Waals surface area contributed by atoms with Crippen LogP contribution in [0, 0.1) is 5.92 Å². The van der Waals surface area contributed by atoms with Crippen molar-refractivity contribution in [2.24, 2.45) is 5.92 Å². The molecule has 1 aliphatic heterocycles. The largest absolute Gasteiger partial charge is 0.481 e. The van der Waals surface area contributed by atoms with Gasteiger partial charge in [0.05, 0.1) is 0 Å². The third-order valence-electron chi connectivity index (χ3n) is 8.79. The van der Waals surface area contributed by atoms with Gasteiger partial charge >= 0.3 is 5.97 Å². The van der Waals surface area contributed by atoms with Crippen molar-refractivity contribution in [3.8, 4) is 5.75 Å². The molecule has 216 valence electrons. The summed E-state index contributed by atoms with van der Waals surface area (Å²) in [5, 5.41) is 13.9. The second kappa shape index (κ2) is 12.6. The number of carbonyl (C=O) groups excluding carboxylic acids is 2. The molecule has 4 rings (SSSR count). The number of Topliss-reactive ketones (excluding diaryl/α,β-unsaturated/α-hetero) is 1. The number of ketones is 1. The maximum atomic E-state index is 14.6. The molecule has 2 aliphatic rings. The zero-order valence-corrected chi connectivity index (χ0v) is 24.6. The first-order valence-corrected chi connectivity index (χ1v) is 15.3. The molecule has 2 aromatic carbocycles. The Kier molecular flexibility index (Phi) is 9.37. The van der Waals surface area contributed by atoms with E-state index in [0.29, 0.717) is 35.3 Å². The van der Waals surface area contributed by atoms with E-state index in [2.05, 4.69) is 33.0 Å². The van der Waals surface area contributed by atoms with Gasteiger partial charge in [-0.15, -0.1) is 0 Å². The number of nitrogens with one attached hydrogen (secondary N) is 1. The molecule has 0 radical (unpaired) electrons. The number of fused-ring (bicyclic) bond motifs is 5. The summed E-state index contributed by atoms with van der Waals surface area (Å²) >= 11 is 0. The molecule has 0 bridgehead atoms. The predicted molar refractivity (Wildman–Crippen MR) is 157 cm³/mol. The van der Waals surface area contributed by atoms with Crippen LogP contribution in [0.25, 0.3) is 0 Å². The van der Waals surface area contributed by atoms with Crippen LogP contribution in [-0.2, 0) is 20.7 Å². The van der Waals surface area contributed by atoms with Gasteiger partial charge in [0.25, 0.3) is 0 Å². The van der Waals surface area contributed by atoms with Crippen molar-refractivity contribution in [2.45, 2.75) is 115 Å². The van der Waals surface area contributed by atoms with Gasteiger partial charge in [0.1, 0.15) is 11.7 Å². The van der Waals surface area contributed by atoms with Crippen LogP contribution in [0.4, 0.5) is 0 Å². The summed E-state index contributed by atoms with van der Waals surface area (Å²) in [6.07, 6.45) is 9.21. The summed E-state index contributed by atoms with van der Waals surface area (Å²) in [4.78, 5) is 41.3. The molecule has 2 aromatic rings. The lowest BCUT2D eigenvalue weighted by Crippen LogP contribution is -2.64. The van der Waals surface area contributed by atoms with E-state index in [-0.39, 0.29) is 24.0 Å². The molecular formula is C34H45NO5. The number of aliphatic carboxylic acids is 1. The number of carboxylic acids is 1. The van der Waals surface area contributed by atoms with Crippen LogP contribution >= 0.6 is 0 Å². The Morgan fingerprint density at radius 3 is 2.25 bits per heavy atom. The second-order valence-electron chi connectivity index (χ2n) is 11.8. The van der Waals surface area contributed by atoms with Crippen LogP contribution in [0.15, 0.2) is 42.5 Å². The first-order valence-electron chi connectivity index (χ1n) is 15.3. The molecule has 1 amide bonds. The minimum Gasteiger partial charge on any atom is -0.481 e. The topological polar surface area (TPSA) is 92.7 Å². The average Bonchev–Trinajstić information content (AvgIpc) is 3.32. The highest BCUT2D eigenvalue weighted by Crippen LogP contribution is 2.63. The van der Waals surface area contributed by atoms with Crippen LogP contribution in [0.5, 0.6) is 5.75 Å². The Morgan fingerprint density at radius 2 is 1.57 bits per heavy atom. The zero-order valence-electron chi connectivity index (χ0n) is 24.6. The lowest BCUT2D eigenvalue weighted by atomic mass is 9.67. The third kappa shape index (κ3) is 5.06. The van der Waals surface area contributed by atoms with Gasteiger partial charge in [-0.1, -0.05) is 115 Å². The Morgan fingerprint density at radius 1 is 0.900 bits per heavy atom. The molecule has 0 saturated carbocycles. The Bertz CT molecular complexity index is 1240. The first-order chi connectivity index (χ1) is 19.2. The number of amides is 1. The first kappa shape index (κ1) is 29.8. The lowest BCUT2D eigenvalue weighted by Gasteiger charge is -2.42. The van der Waals surface area contributed by atoms with Gasteiger partial charge in [-0.25, -0.2) is 0 Å².